The molecule has 5 rings (SSSR count). The van der Waals surface area contributed by atoms with Crippen molar-refractivity contribution in [2.75, 3.05) is 38.0 Å². The molecule has 0 unspecified atom stereocenters. The number of fused-ring (bicyclic) bond motifs is 1. The van der Waals surface area contributed by atoms with Crippen molar-refractivity contribution in [3.05, 3.63) is 42.2 Å². The van der Waals surface area contributed by atoms with Crippen LogP contribution in [0.3, 0.4) is 0 Å². The van der Waals surface area contributed by atoms with Gasteiger partial charge in [0.25, 0.3) is 0 Å². The summed E-state index contributed by atoms with van der Waals surface area (Å²) in [5.74, 6) is 0.703. The van der Waals surface area contributed by atoms with Gasteiger partial charge < -0.3 is 15.0 Å². The standard InChI is InChI=1S/C31H46N6O/c1-5-6-15-32-31-33-20-28-29(21-37(30(28)34-31)26-11-13-27(38)14-12-26)25-9-7-24(8-10-25)23(4)36-18-16-35(17-19-36)22(2)3/h7-10,20-23,26-27,38H,5-6,11-19H2,1-4H3,(H,32,33,34)/t23-,26-,27-/m1/s1. The summed E-state index contributed by atoms with van der Waals surface area (Å²) in [7, 11) is 0. The Hall–Kier alpha value is -2.48. The summed E-state index contributed by atoms with van der Waals surface area (Å²) in [4.78, 5) is 14.8. The molecule has 0 spiro atoms. The van der Waals surface area contributed by atoms with Crippen molar-refractivity contribution in [3.8, 4) is 11.1 Å². The number of hydrogen-bond donors (Lipinski definition) is 2. The zero-order valence-corrected chi connectivity index (χ0v) is 23.7. The van der Waals surface area contributed by atoms with Crippen LogP contribution < -0.4 is 5.32 Å². The van der Waals surface area contributed by atoms with Gasteiger partial charge in [-0.2, -0.15) is 4.98 Å². The van der Waals surface area contributed by atoms with E-state index < -0.39 is 0 Å². The number of unbranched alkanes of at least 4 members (excludes halogenated alkanes) is 1. The lowest BCUT2D eigenvalue weighted by atomic mass is 9.93. The van der Waals surface area contributed by atoms with Crippen molar-refractivity contribution in [2.45, 2.75) is 90.4 Å². The van der Waals surface area contributed by atoms with Crippen LogP contribution in [0.15, 0.2) is 36.7 Å². The predicted octanol–water partition coefficient (Wildman–Crippen LogP) is 5.87. The van der Waals surface area contributed by atoms with Crippen LogP contribution >= 0.6 is 0 Å². The molecule has 3 heterocycles. The van der Waals surface area contributed by atoms with Gasteiger partial charge in [-0.15, -0.1) is 0 Å². The van der Waals surface area contributed by atoms with E-state index in [4.69, 9.17) is 4.98 Å². The number of anilines is 1. The summed E-state index contributed by atoms with van der Waals surface area (Å²) >= 11 is 0. The number of benzene rings is 1. The van der Waals surface area contributed by atoms with E-state index in [1.54, 1.807) is 0 Å². The Morgan fingerprint density at radius 2 is 1.66 bits per heavy atom. The van der Waals surface area contributed by atoms with Gasteiger partial charge in [-0.25, -0.2) is 4.98 Å². The minimum atomic E-state index is -0.170. The normalized spacial score (nSPS) is 22.3. The summed E-state index contributed by atoms with van der Waals surface area (Å²) in [6, 6.07) is 10.5. The average molecular weight is 519 g/mol. The molecule has 2 N–H and O–H groups in total. The fourth-order valence-electron chi connectivity index (χ4n) is 6.13. The van der Waals surface area contributed by atoms with Crippen molar-refractivity contribution >= 4 is 17.0 Å². The maximum Gasteiger partial charge on any atom is 0.224 e. The first-order valence-corrected chi connectivity index (χ1v) is 14.8. The minimum absolute atomic E-state index is 0.170. The number of aliphatic hydroxyl groups is 1. The van der Waals surface area contributed by atoms with Crippen LogP contribution in [0, 0.1) is 0 Å². The molecular formula is C31H46N6O. The Kier molecular flexibility index (Phi) is 8.66. The molecule has 3 aromatic rings. The fraction of sp³-hybridized carbons (Fsp3) is 0.613. The van der Waals surface area contributed by atoms with Crippen LogP contribution in [-0.4, -0.2) is 74.3 Å². The molecule has 1 aromatic carbocycles. The second-order valence-electron chi connectivity index (χ2n) is 11.6. The van der Waals surface area contributed by atoms with Gasteiger partial charge >= 0.3 is 0 Å². The largest absolute Gasteiger partial charge is 0.393 e. The summed E-state index contributed by atoms with van der Waals surface area (Å²) in [5, 5.41) is 14.6. The highest BCUT2D eigenvalue weighted by Crippen LogP contribution is 2.37. The smallest absolute Gasteiger partial charge is 0.224 e. The summed E-state index contributed by atoms with van der Waals surface area (Å²) in [6.45, 7) is 14.5. The molecule has 1 saturated carbocycles. The van der Waals surface area contributed by atoms with Gasteiger partial charge in [0.2, 0.25) is 5.95 Å². The third-order valence-electron chi connectivity index (χ3n) is 8.78. The minimum Gasteiger partial charge on any atom is -0.393 e. The quantitative estimate of drug-likeness (QED) is 0.345. The topological polar surface area (TPSA) is 69.5 Å². The summed E-state index contributed by atoms with van der Waals surface area (Å²) in [6.07, 6.45) is 10.0. The second-order valence-corrected chi connectivity index (χ2v) is 11.6. The van der Waals surface area contributed by atoms with E-state index in [0.717, 1.165) is 82.3 Å². The Bertz CT molecular complexity index is 1170. The Labute approximate surface area is 228 Å². The van der Waals surface area contributed by atoms with E-state index >= 15 is 0 Å². The van der Waals surface area contributed by atoms with Gasteiger partial charge in [-0.05, 0) is 64.0 Å². The van der Waals surface area contributed by atoms with E-state index in [-0.39, 0.29) is 6.10 Å². The molecule has 206 valence electrons. The second kappa shape index (κ2) is 12.1. The molecule has 7 nitrogen and oxygen atoms in total. The highest BCUT2D eigenvalue weighted by molar-refractivity contribution is 5.94. The van der Waals surface area contributed by atoms with Crippen LogP contribution in [-0.2, 0) is 0 Å². The molecular weight excluding hydrogens is 472 g/mol. The molecule has 0 radical (unpaired) electrons. The third-order valence-corrected chi connectivity index (χ3v) is 8.78. The Morgan fingerprint density at radius 1 is 0.974 bits per heavy atom. The van der Waals surface area contributed by atoms with Gasteiger partial charge in [0.15, 0.2) is 0 Å². The van der Waals surface area contributed by atoms with Crippen molar-refractivity contribution in [1.82, 2.24) is 24.3 Å². The van der Waals surface area contributed by atoms with Crippen LogP contribution in [0.2, 0.25) is 0 Å². The average Bonchev–Trinajstić information content (AvgIpc) is 3.32. The van der Waals surface area contributed by atoms with Crippen LogP contribution in [0.1, 0.15) is 83.9 Å². The Morgan fingerprint density at radius 3 is 2.32 bits per heavy atom. The molecule has 1 saturated heterocycles. The highest BCUT2D eigenvalue weighted by atomic mass is 16.3. The number of aromatic nitrogens is 3. The van der Waals surface area contributed by atoms with E-state index in [1.165, 1.54) is 16.7 Å². The first-order valence-electron chi connectivity index (χ1n) is 14.8. The molecule has 7 heteroatoms. The number of hydrogen-bond acceptors (Lipinski definition) is 6. The lowest BCUT2D eigenvalue weighted by Gasteiger charge is -2.40. The van der Waals surface area contributed by atoms with Gasteiger partial charge in [0.1, 0.15) is 5.65 Å². The Balaban J connectivity index is 1.39. The zero-order valence-electron chi connectivity index (χ0n) is 23.7. The number of rotatable bonds is 9. The lowest BCUT2D eigenvalue weighted by molar-refractivity contribution is 0.0834. The van der Waals surface area contributed by atoms with E-state index in [0.29, 0.717) is 24.1 Å². The van der Waals surface area contributed by atoms with Crippen molar-refractivity contribution in [3.63, 3.8) is 0 Å². The maximum absolute atomic E-state index is 10.1. The molecule has 2 aliphatic rings. The molecule has 2 aromatic heterocycles. The van der Waals surface area contributed by atoms with Crippen molar-refractivity contribution in [2.24, 2.45) is 0 Å². The summed E-state index contributed by atoms with van der Waals surface area (Å²) < 4.78 is 2.36. The van der Waals surface area contributed by atoms with Crippen molar-refractivity contribution in [1.29, 1.82) is 0 Å². The fourth-order valence-corrected chi connectivity index (χ4v) is 6.13. The van der Waals surface area contributed by atoms with Crippen LogP contribution in [0.5, 0.6) is 0 Å². The van der Waals surface area contributed by atoms with Gasteiger partial charge in [-0.1, -0.05) is 37.6 Å². The number of aliphatic hydroxyl groups excluding tert-OH is 1. The highest BCUT2D eigenvalue weighted by Gasteiger charge is 2.25. The number of nitrogens with zero attached hydrogens (tertiary/aromatic N) is 5. The van der Waals surface area contributed by atoms with E-state index in [9.17, 15) is 5.11 Å². The zero-order chi connectivity index (χ0) is 26.6. The molecule has 2 fully saturated rings. The van der Waals surface area contributed by atoms with Crippen molar-refractivity contribution < 1.29 is 5.11 Å². The first-order chi connectivity index (χ1) is 18.4. The lowest BCUT2D eigenvalue weighted by Crippen LogP contribution is -2.49. The monoisotopic (exact) mass is 518 g/mol. The third kappa shape index (κ3) is 5.90. The van der Waals surface area contributed by atoms with E-state index in [2.05, 4.69) is 82.8 Å². The van der Waals surface area contributed by atoms with Crippen LogP contribution in [0.25, 0.3) is 22.2 Å². The van der Waals surface area contributed by atoms with Gasteiger partial charge in [0, 0.05) is 74.2 Å². The summed E-state index contributed by atoms with van der Waals surface area (Å²) in [5.41, 5.74) is 4.77. The number of nitrogens with one attached hydrogen (secondary N) is 1. The predicted molar refractivity (Wildman–Crippen MR) is 157 cm³/mol. The molecule has 1 aliphatic heterocycles. The SMILES string of the molecule is CCCCNc1ncc2c(-c3ccc([C@@H](C)N4CCN(C(C)C)CC4)cc3)cn([C@H]3CC[C@H](O)CC3)c2n1. The molecule has 1 atom stereocenters. The molecule has 38 heavy (non-hydrogen) atoms. The number of piperazine rings is 1. The van der Waals surface area contributed by atoms with Crippen LogP contribution in [0.4, 0.5) is 5.95 Å². The van der Waals surface area contributed by atoms with E-state index in [1.807, 2.05) is 6.20 Å². The van der Waals surface area contributed by atoms with Gasteiger partial charge in [0.05, 0.1) is 6.10 Å². The molecule has 0 amide bonds. The van der Waals surface area contributed by atoms with Gasteiger partial charge in [-0.3, -0.25) is 9.80 Å². The first kappa shape index (κ1) is 27.1. The molecule has 0 bridgehead atoms. The maximum atomic E-state index is 10.1. The molecule has 1 aliphatic carbocycles.